The Hall–Kier alpha value is -2.16. The lowest BCUT2D eigenvalue weighted by atomic mass is 10.1. The Bertz CT molecular complexity index is 662. The molecule has 28 heavy (non-hydrogen) atoms. The molecule has 0 bridgehead atoms. The molecule has 3 heteroatoms. The molecule has 0 aliphatic rings. The second-order valence-corrected chi connectivity index (χ2v) is 7.44. The number of aryl methyl sites for hydroxylation is 1. The van der Waals surface area contributed by atoms with E-state index in [1.54, 1.807) is 6.26 Å². The smallest absolute Gasteiger partial charge is 0.159 e. The quantitative estimate of drug-likeness (QED) is 0.251. The van der Waals surface area contributed by atoms with Crippen molar-refractivity contribution >= 4 is 0 Å². The van der Waals surface area contributed by atoms with Gasteiger partial charge in [0.2, 0.25) is 0 Å². The summed E-state index contributed by atoms with van der Waals surface area (Å²) in [6.45, 7) is 4.45. The maximum absolute atomic E-state index is 5.63. The van der Waals surface area contributed by atoms with Crippen LogP contribution in [-0.2, 0) is 6.42 Å². The predicted molar refractivity (Wildman–Crippen MR) is 118 cm³/mol. The minimum atomic E-state index is 0.772. The summed E-state index contributed by atoms with van der Waals surface area (Å²) < 4.78 is 5.63. The van der Waals surface area contributed by atoms with Gasteiger partial charge in [-0.25, -0.2) is 9.97 Å². The number of aromatic nitrogens is 2. The molecule has 2 aromatic rings. The Morgan fingerprint density at radius 2 is 1.43 bits per heavy atom. The molecule has 1 aromatic carbocycles. The third kappa shape index (κ3) is 8.69. The molecule has 0 atom stereocenters. The maximum atomic E-state index is 5.63. The SMILES string of the molecule is CCCCC=COc1ccc(-c2ncc(CCCCCCCCC)cn2)cc1. The molecule has 0 aliphatic heterocycles. The first kappa shape index (κ1) is 22.1. The second kappa shape index (κ2) is 13.9. The number of hydrogen-bond acceptors (Lipinski definition) is 3. The Kier molecular flexibility index (Phi) is 11.0. The van der Waals surface area contributed by atoms with E-state index in [2.05, 4.69) is 29.9 Å². The Morgan fingerprint density at radius 3 is 2.11 bits per heavy atom. The van der Waals surface area contributed by atoms with Gasteiger partial charge in [0.25, 0.3) is 0 Å². The lowest BCUT2D eigenvalue weighted by molar-refractivity contribution is 0.478. The van der Waals surface area contributed by atoms with Gasteiger partial charge in [0.05, 0.1) is 6.26 Å². The molecular weight excluding hydrogens is 344 g/mol. The van der Waals surface area contributed by atoms with Crippen LogP contribution in [0.2, 0.25) is 0 Å². The number of ether oxygens (including phenoxy) is 1. The molecule has 0 spiro atoms. The van der Waals surface area contributed by atoms with Crippen LogP contribution in [0.5, 0.6) is 5.75 Å². The van der Waals surface area contributed by atoms with Crippen LogP contribution in [-0.4, -0.2) is 9.97 Å². The molecule has 0 radical (unpaired) electrons. The van der Waals surface area contributed by atoms with Gasteiger partial charge < -0.3 is 4.74 Å². The summed E-state index contributed by atoms with van der Waals surface area (Å²) in [7, 11) is 0. The van der Waals surface area contributed by atoms with Gasteiger partial charge in [-0.05, 0) is 61.6 Å². The van der Waals surface area contributed by atoms with Crippen molar-refractivity contribution in [3.05, 3.63) is 54.6 Å². The van der Waals surface area contributed by atoms with Gasteiger partial charge in [-0.15, -0.1) is 0 Å². The van der Waals surface area contributed by atoms with Crippen molar-refractivity contribution < 1.29 is 4.74 Å². The van der Waals surface area contributed by atoms with Gasteiger partial charge in [-0.2, -0.15) is 0 Å². The van der Waals surface area contributed by atoms with Crippen LogP contribution in [0.3, 0.4) is 0 Å². The minimum absolute atomic E-state index is 0.772. The van der Waals surface area contributed by atoms with Gasteiger partial charge in [0.1, 0.15) is 5.75 Å². The number of unbranched alkanes of at least 4 members (excludes halogenated alkanes) is 8. The van der Waals surface area contributed by atoms with Crippen molar-refractivity contribution in [1.29, 1.82) is 0 Å². The monoisotopic (exact) mass is 380 g/mol. The molecule has 3 nitrogen and oxygen atoms in total. The maximum Gasteiger partial charge on any atom is 0.159 e. The van der Waals surface area contributed by atoms with Crippen molar-refractivity contribution in [2.45, 2.75) is 84.5 Å². The van der Waals surface area contributed by atoms with E-state index in [0.717, 1.165) is 30.0 Å². The van der Waals surface area contributed by atoms with Crippen LogP contribution in [0.25, 0.3) is 11.4 Å². The van der Waals surface area contributed by atoms with Crippen LogP contribution >= 0.6 is 0 Å². The molecule has 0 N–H and O–H groups in total. The van der Waals surface area contributed by atoms with E-state index in [9.17, 15) is 0 Å². The molecular formula is C25H36N2O. The third-order valence-electron chi connectivity index (χ3n) is 4.91. The third-order valence-corrected chi connectivity index (χ3v) is 4.91. The summed E-state index contributed by atoms with van der Waals surface area (Å²) in [5, 5.41) is 0. The molecule has 2 rings (SSSR count). The number of rotatable bonds is 14. The topological polar surface area (TPSA) is 35.0 Å². The minimum Gasteiger partial charge on any atom is -0.465 e. The van der Waals surface area contributed by atoms with E-state index in [-0.39, 0.29) is 0 Å². The van der Waals surface area contributed by atoms with Crippen molar-refractivity contribution in [3.8, 4) is 17.1 Å². The lowest BCUT2D eigenvalue weighted by Crippen LogP contribution is -1.93. The number of hydrogen-bond donors (Lipinski definition) is 0. The highest BCUT2D eigenvalue weighted by atomic mass is 16.5. The first-order valence-electron chi connectivity index (χ1n) is 11.1. The zero-order valence-electron chi connectivity index (χ0n) is 17.7. The summed E-state index contributed by atoms with van der Waals surface area (Å²) in [5.41, 5.74) is 2.25. The fraction of sp³-hybridized carbons (Fsp3) is 0.520. The van der Waals surface area contributed by atoms with E-state index in [4.69, 9.17) is 4.74 Å². The zero-order valence-corrected chi connectivity index (χ0v) is 17.7. The van der Waals surface area contributed by atoms with Crippen molar-refractivity contribution in [1.82, 2.24) is 9.97 Å². The summed E-state index contributed by atoms with van der Waals surface area (Å²) in [6, 6.07) is 7.96. The molecule has 0 saturated carbocycles. The summed E-state index contributed by atoms with van der Waals surface area (Å²) in [5.74, 6) is 1.61. The average molecular weight is 381 g/mol. The Morgan fingerprint density at radius 1 is 0.786 bits per heavy atom. The van der Waals surface area contributed by atoms with E-state index in [0.29, 0.717) is 0 Å². The van der Waals surface area contributed by atoms with Crippen molar-refractivity contribution in [2.75, 3.05) is 0 Å². The number of nitrogens with zero attached hydrogens (tertiary/aromatic N) is 2. The van der Waals surface area contributed by atoms with Crippen LogP contribution in [0.1, 0.15) is 83.6 Å². The van der Waals surface area contributed by atoms with Gasteiger partial charge >= 0.3 is 0 Å². The molecule has 1 aromatic heterocycles. The zero-order chi connectivity index (χ0) is 19.9. The summed E-state index contributed by atoms with van der Waals surface area (Å²) >= 11 is 0. The molecule has 152 valence electrons. The first-order valence-corrected chi connectivity index (χ1v) is 11.1. The number of benzene rings is 1. The van der Waals surface area contributed by atoms with E-state index < -0.39 is 0 Å². The van der Waals surface area contributed by atoms with Crippen LogP contribution < -0.4 is 4.74 Å². The highest BCUT2D eigenvalue weighted by Gasteiger charge is 2.02. The summed E-state index contributed by atoms with van der Waals surface area (Å²) in [4.78, 5) is 9.10. The second-order valence-electron chi connectivity index (χ2n) is 7.44. The largest absolute Gasteiger partial charge is 0.465 e. The van der Waals surface area contributed by atoms with E-state index in [1.165, 1.54) is 63.4 Å². The molecule has 0 amide bonds. The first-order chi connectivity index (χ1) is 13.8. The van der Waals surface area contributed by atoms with Crippen LogP contribution in [0.4, 0.5) is 0 Å². The fourth-order valence-corrected chi connectivity index (χ4v) is 3.12. The molecule has 0 aliphatic carbocycles. The Balaban J connectivity index is 1.74. The van der Waals surface area contributed by atoms with Gasteiger partial charge in [0.15, 0.2) is 5.82 Å². The highest BCUT2D eigenvalue weighted by molar-refractivity contribution is 5.55. The molecule has 1 heterocycles. The van der Waals surface area contributed by atoms with E-state index in [1.807, 2.05) is 36.7 Å². The molecule has 0 unspecified atom stereocenters. The normalized spacial score (nSPS) is 11.2. The number of allylic oxidation sites excluding steroid dienone is 1. The predicted octanol–water partition coefficient (Wildman–Crippen LogP) is 7.52. The summed E-state index contributed by atoms with van der Waals surface area (Å²) in [6.07, 6.45) is 21.7. The van der Waals surface area contributed by atoms with Gasteiger partial charge in [-0.3, -0.25) is 0 Å². The van der Waals surface area contributed by atoms with Crippen LogP contribution in [0.15, 0.2) is 49.0 Å². The van der Waals surface area contributed by atoms with Crippen LogP contribution in [0, 0.1) is 0 Å². The molecule has 0 saturated heterocycles. The fourth-order valence-electron chi connectivity index (χ4n) is 3.12. The van der Waals surface area contributed by atoms with Crippen molar-refractivity contribution in [3.63, 3.8) is 0 Å². The molecule has 0 fully saturated rings. The standard InChI is InChI=1S/C25H36N2O/c1-3-5-7-9-10-11-12-14-22-20-26-25(27-21-22)23-15-17-24(18-16-23)28-19-13-8-6-4-2/h13,15-21H,3-12,14H2,1-2H3. The lowest BCUT2D eigenvalue weighted by Gasteiger charge is -2.05. The van der Waals surface area contributed by atoms with E-state index >= 15 is 0 Å². The average Bonchev–Trinajstić information content (AvgIpc) is 2.74. The van der Waals surface area contributed by atoms with Crippen molar-refractivity contribution in [2.24, 2.45) is 0 Å². The van der Waals surface area contributed by atoms with Gasteiger partial charge in [-0.1, -0.05) is 58.8 Å². The Labute approximate surface area is 171 Å². The highest BCUT2D eigenvalue weighted by Crippen LogP contribution is 2.20. The van der Waals surface area contributed by atoms with Gasteiger partial charge in [0, 0.05) is 18.0 Å².